The summed E-state index contributed by atoms with van der Waals surface area (Å²) in [6, 6.07) is 0. The molecule has 2 heterocycles. The van der Waals surface area contributed by atoms with Gasteiger partial charge in [0.1, 0.15) is 0 Å². The highest BCUT2D eigenvalue weighted by molar-refractivity contribution is 8.18. The number of rotatable bonds is 13. The van der Waals surface area contributed by atoms with Crippen LogP contribution in [0.4, 0.5) is 0 Å². The highest BCUT2D eigenvalue weighted by Crippen LogP contribution is 2.48. The Morgan fingerprint density at radius 1 is 0.960 bits per heavy atom. The van der Waals surface area contributed by atoms with Gasteiger partial charge in [0.05, 0.1) is 10.4 Å². The zero-order chi connectivity index (χ0) is 17.8. The van der Waals surface area contributed by atoms with Crippen LogP contribution >= 0.6 is 23.5 Å². The molecule has 144 valence electrons. The predicted octanol–water partition coefficient (Wildman–Crippen LogP) is 7.01. The van der Waals surface area contributed by atoms with Gasteiger partial charge in [-0.05, 0) is 23.8 Å². The molecule has 25 heavy (non-hydrogen) atoms. The Hall–Kier alpha value is -0.0900. The molecule has 1 saturated heterocycles. The van der Waals surface area contributed by atoms with Crippen LogP contribution in [0.1, 0.15) is 84.5 Å². The molecule has 1 fully saturated rings. The Labute approximate surface area is 164 Å². The summed E-state index contributed by atoms with van der Waals surface area (Å²) in [5.74, 6) is 3.50. The van der Waals surface area contributed by atoms with Crippen LogP contribution in [0.3, 0.4) is 0 Å². The standard InChI is InChI=1S/C21H38N2S2/c1-3-4-5-6-7-8-9-10-11-12-13-21(18-23-15-14-22-19-23)24-16-20(2)17-25-21/h14-15,19-20H,3-13,16-18H2,1-2H3. The molecule has 0 unspecified atom stereocenters. The second-order valence-electron chi connectivity index (χ2n) is 7.80. The van der Waals surface area contributed by atoms with Crippen molar-refractivity contribution >= 4 is 23.5 Å². The zero-order valence-corrected chi connectivity index (χ0v) is 18.1. The van der Waals surface area contributed by atoms with Crippen LogP contribution in [0, 0.1) is 5.92 Å². The molecule has 0 spiro atoms. The lowest BCUT2D eigenvalue weighted by Crippen LogP contribution is -2.33. The number of nitrogens with zero attached hydrogens (tertiary/aromatic N) is 2. The molecule has 0 saturated carbocycles. The lowest BCUT2D eigenvalue weighted by Gasteiger charge is -2.38. The number of thioether (sulfide) groups is 2. The molecule has 1 aromatic heterocycles. The molecule has 0 N–H and O–H groups in total. The van der Waals surface area contributed by atoms with Crippen LogP contribution in [-0.2, 0) is 6.54 Å². The second kappa shape index (κ2) is 12.3. The summed E-state index contributed by atoms with van der Waals surface area (Å²) in [5, 5.41) is 0. The Morgan fingerprint density at radius 2 is 1.56 bits per heavy atom. The molecular weight excluding hydrogens is 344 g/mol. The van der Waals surface area contributed by atoms with Crippen molar-refractivity contribution in [3.8, 4) is 0 Å². The van der Waals surface area contributed by atoms with E-state index >= 15 is 0 Å². The SMILES string of the molecule is CCCCCCCCCCCCC1(Cn2ccnc2)SCC(C)CS1. The van der Waals surface area contributed by atoms with E-state index in [4.69, 9.17) is 0 Å². The van der Waals surface area contributed by atoms with E-state index < -0.39 is 0 Å². The third-order valence-electron chi connectivity index (χ3n) is 5.16. The van der Waals surface area contributed by atoms with E-state index in [0.717, 1.165) is 12.5 Å². The molecule has 0 radical (unpaired) electrons. The monoisotopic (exact) mass is 382 g/mol. The van der Waals surface area contributed by atoms with Gasteiger partial charge in [0, 0.05) is 18.9 Å². The summed E-state index contributed by atoms with van der Waals surface area (Å²) < 4.78 is 2.67. The third-order valence-corrected chi connectivity index (χ3v) is 9.05. The number of hydrogen-bond acceptors (Lipinski definition) is 3. The van der Waals surface area contributed by atoms with Crippen molar-refractivity contribution in [2.75, 3.05) is 11.5 Å². The van der Waals surface area contributed by atoms with Crippen molar-refractivity contribution in [1.29, 1.82) is 0 Å². The van der Waals surface area contributed by atoms with E-state index in [1.54, 1.807) is 0 Å². The van der Waals surface area contributed by atoms with Gasteiger partial charge in [0.25, 0.3) is 0 Å². The summed E-state index contributed by atoms with van der Waals surface area (Å²) >= 11 is 4.42. The summed E-state index contributed by atoms with van der Waals surface area (Å²) in [4.78, 5) is 4.23. The number of hydrogen-bond donors (Lipinski definition) is 0. The minimum absolute atomic E-state index is 0.382. The van der Waals surface area contributed by atoms with Crippen LogP contribution < -0.4 is 0 Å². The zero-order valence-electron chi connectivity index (χ0n) is 16.4. The fraction of sp³-hybridized carbons (Fsp3) is 0.857. The van der Waals surface area contributed by atoms with Crippen molar-refractivity contribution in [2.24, 2.45) is 5.92 Å². The van der Waals surface area contributed by atoms with Gasteiger partial charge in [-0.2, -0.15) is 0 Å². The van der Waals surface area contributed by atoms with Crippen LogP contribution in [0.15, 0.2) is 18.7 Å². The number of unbranched alkanes of at least 4 members (excludes halogenated alkanes) is 9. The molecule has 1 aromatic rings. The quantitative estimate of drug-likeness (QED) is 0.342. The molecule has 2 nitrogen and oxygen atoms in total. The summed E-state index contributed by atoms with van der Waals surface area (Å²) in [5.41, 5.74) is 0. The van der Waals surface area contributed by atoms with Gasteiger partial charge in [-0.15, -0.1) is 23.5 Å². The molecule has 0 bridgehead atoms. The number of imidazole rings is 1. The minimum Gasteiger partial charge on any atom is -0.335 e. The van der Waals surface area contributed by atoms with Gasteiger partial charge in [-0.3, -0.25) is 0 Å². The first-order valence-electron chi connectivity index (χ1n) is 10.5. The maximum absolute atomic E-state index is 4.23. The minimum atomic E-state index is 0.382. The van der Waals surface area contributed by atoms with Crippen LogP contribution in [0.5, 0.6) is 0 Å². The molecule has 1 aliphatic heterocycles. The van der Waals surface area contributed by atoms with E-state index in [1.807, 2.05) is 12.5 Å². The number of aromatic nitrogens is 2. The predicted molar refractivity (Wildman–Crippen MR) is 115 cm³/mol. The fourth-order valence-corrected chi connectivity index (χ4v) is 6.89. The molecule has 0 amide bonds. The molecule has 0 aromatic carbocycles. The van der Waals surface area contributed by atoms with E-state index in [-0.39, 0.29) is 0 Å². The lowest BCUT2D eigenvalue weighted by molar-refractivity contribution is 0.517. The fourth-order valence-electron chi connectivity index (χ4n) is 3.53. The Bertz CT molecular complexity index is 425. The normalized spacial score (nSPS) is 23.8. The van der Waals surface area contributed by atoms with E-state index in [2.05, 4.69) is 53.1 Å². The molecule has 0 atom stereocenters. The second-order valence-corrected chi connectivity index (χ2v) is 10.9. The van der Waals surface area contributed by atoms with Gasteiger partial charge in [-0.25, -0.2) is 4.98 Å². The van der Waals surface area contributed by atoms with E-state index in [9.17, 15) is 0 Å². The van der Waals surface area contributed by atoms with E-state index in [0.29, 0.717) is 4.08 Å². The van der Waals surface area contributed by atoms with Crippen molar-refractivity contribution in [2.45, 2.75) is 95.1 Å². The maximum Gasteiger partial charge on any atom is 0.0946 e. The van der Waals surface area contributed by atoms with Gasteiger partial charge in [0.15, 0.2) is 0 Å². The highest BCUT2D eigenvalue weighted by atomic mass is 32.2. The summed E-state index contributed by atoms with van der Waals surface area (Å²) in [6.45, 7) is 5.80. The largest absolute Gasteiger partial charge is 0.335 e. The van der Waals surface area contributed by atoms with Crippen LogP contribution in [0.2, 0.25) is 0 Å². The molecule has 4 heteroatoms. The van der Waals surface area contributed by atoms with Gasteiger partial charge in [0.2, 0.25) is 0 Å². The molecule has 2 rings (SSSR count). The molecule has 1 aliphatic rings. The Balaban J connectivity index is 1.61. The lowest BCUT2D eigenvalue weighted by atomic mass is 10.0. The van der Waals surface area contributed by atoms with E-state index in [1.165, 1.54) is 82.1 Å². The van der Waals surface area contributed by atoms with Crippen molar-refractivity contribution < 1.29 is 0 Å². The summed E-state index contributed by atoms with van der Waals surface area (Å²) in [7, 11) is 0. The Kier molecular flexibility index (Phi) is 10.5. The van der Waals surface area contributed by atoms with Crippen molar-refractivity contribution in [3.05, 3.63) is 18.7 Å². The average molecular weight is 383 g/mol. The first-order valence-corrected chi connectivity index (χ1v) is 12.4. The average Bonchev–Trinajstić information content (AvgIpc) is 3.12. The van der Waals surface area contributed by atoms with Gasteiger partial charge in [-0.1, -0.05) is 78.1 Å². The Morgan fingerprint density at radius 3 is 2.12 bits per heavy atom. The van der Waals surface area contributed by atoms with Gasteiger partial charge >= 0.3 is 0 Å². The third kappa shape index (κ3) is 8.43. The first kappa shape index (κ1) is 21.2. The molecular formula is C21H38N2S2. The first-order chi connectivity index (χ1) is 12.2. The van der Waals surface area contributed by atoms with Crippen LogP contribution in [0.25, 0.3) is 0 Å². The maximum atomic E-state index is 4.23. The topological polar surface area (TPSA) is 17.8 Å². The van der Waals surface area contributed by atoms with Crippen molar-refractivity contribution in [1.82, 2.24) is 9.55 Å². The molecule has 0 aliphatic carbocycles. The highest BCUT2D eigenvalue weighted by Gasteiger charge is 2.35. The van der Waals surface area contributed by atoms with Crippen LogP contribution in [-0.4, -0.2) is 25.1 Å². The smallest absolute Gasteiger partial charge is 0.0946 e. The van der Waals surface area contributed by atoms with Crippen molar-refractivity contribution in [3.63, 3.8) is 0 Å². The van der Waals surface area contributed by atoms with Gasteiger partial charge < -0.3 is 4.57 Å². The summed E-state index contributed by atoms with van der Waals surface area (Å²) in [6.07, 6.45) is 21.6.